The second-order valence-corrected chi connectivity index (χ2v) is 7.39. The topological polar surface area (TPSA) is 46.8 Å². The maximum absolute atomic E-state index is 12.6. The van der Waals surface area contributed by atoms with E-state index in [4.69, 9.17) is 9.72 Å². The first-order valence-corrected chi connectivity index (χ1v) is 9.54. The largest absolute Gasteiger partial charge is 0.445 e. The van der Waals surface area contributed by atoms with Gasteiger partial charge < -0.3 is 9.14 Å². The minimum absolute atomic E-state index is 0.0367. The monoisotopic (exact) mass is 413 g/mol. The van der Waals surface area contributed by atoms with Crippen molar-refractivity contribution in [1.29, 1.82) is 0 Å². The Kier molecular flexibility index (Phi) is 4.68. The molecule has 0 spiro atoms. The van der Waals surface area contributed by atoms with E-state index in [0.717, 1.165) is 39.8 Å². The van der Waals surface area contributed by atoms with Crippen molar-refractivity contribution in [3.05, 3.63) is 70.1 Å². The normalized spacial score (nSPS) is 17.0. The number of ether oxygens (including phenoxy) is 1. The number of halogens is 1. The molecule has 0 saturated carbocycles. The average molecular weight is 414 g/mol. The molecule has 134 valence electrons. The highest BCUT2D eigenvalue weighted by atomic mass is 79.9. The number of aryl methyl sites for hydroxylation is 1. The van der Waals surface area contributed by atoms with Crippen LogP contribution in [-0.4, -0.2) is 26.9 Å². The van der Waals surface area contributed by atoms with Crippen molar-refractivity contribution in [1.82, 2.24) is 14.3 Å². The second-order valence-electron chi connectivity index (χ2n) is 6.60. The number of amides is 1. The van der Waals surface area contributed by atoms with Crippen LogP contribution in [0.5, 0.6) is 0 Å². The summed E-state index contributed by atoms with van der Waals surface area (Å²) in [6, 6.07) is 11.8. The van der Waals surface area contributed by atoms with E-state index in [9.17, 15) is 4.79 Å². The summed E-state index contributed by atoms with van der Waals surface area (Å²) in [4.78, 5) is 19.2. The first kappa shape index (κ1) is 17.1. The first-order chi connectivity index (χ1) is 12.6. The smallest absolute Gasteiger partial charge is 0.410 e. The van der Waals surface area contributed by atoms with Crippen molar-refractivity contribution in [3.8, 4) is 0 Å². The maximum atomic E-state index is 12.6. The van der Waals surface area contributed by atoms with Crippen LogP contribution >= 0.6 is 15.9 Å². The Morgan fingerprint density at radius 2 is 2.12 bits per heavy atom. The fourth-order valence-electron chi connectivity index (χ4n) is 3.39. The molecule has 0 unspecified atom stereocenters. The van der Waals surface area contributed by atoms with Crippen LogP contribution in [0.1, 0.15) is 35.7 Å². The molecule has 0 bridgehead atoms. The van der Waals surface area contributed by atoms with Gasteiger partial charge in [-0.2, -0.15) is 0 Å². The van der Waals surface area contributed by atoms with E-state index in [1.807, 2.05) is 60.1 Å². The molecule has 3 heterocycles. The Labute approximate surface area is 160 Å². The summed E-state index contributed by atoms with van der Waals surface area (Å²) in [5.41, 5.74) is 3.92. The average Bonchev–Trinajstić information content (AvgIpc) is 3.30. The molecule has 26 heavy (non-hydrogen) atoms. The minimum atomic E-state index is -0.274. The van der Waals surface area contributed by atoms with Gasteiger partial charge in [-0.25, -0.2) is 9.78 Å². The van der Waals surface area contributed by atoms with Crippen LogP contribution in [-0.2, 0) is 11.3 Å². The van der Waals surface area contributed by atoms with Gasteiger partial charge in [0.2, 0.25) is 0 Å². The van der Waals surface area contributed by atoms with Gasteiger partial charge in [0.1, 0.15) is 6.61 Å². The fourth-order valence-corrected chi connectivity index (χ4v) is 3.81. The van der Waals surface area contributed by atoms with E-state index in [0.29, 0.717) is 13.2 Å². The van der Waals surface area contributed by atoms with Crippen molar-refractivity contribution in [2.75, 3.05) is 6.54 Å². The SMILES string of the molecule is Cc1ccn2cc([C@@H]3CCCN3C(=O)OCc3ccccc3)nc2c1Br. The Balaban J connectivity index is 1.53. The van der Waals surface area contributed by atoms with Crippen LogP contribution in [0.25, 0.3) is 5.65 Å². The number of nitrogens with zero attached hydrogens (tertiary/aromatic N) is 3. The Morgan fingerprint density at radius 3 is 2.92 bits per heavy atom. The number of likely N-dealkylation sites (tertiary alicyclic amines) is 1. The van der Waals surface area contributed by atoms with E-state index >= 15 is 0 Å². The van der Waals surface area contributed by atoms with E-state index in [1.54, 1.807) is 4.90 Å². The third-order valence-electron chi connectivity index (χ3n) is 4.81. The Hall–Kier alpha value is -2.34. The Bertz CT molecular complexity index is 939. The lowest BCUT2D eigenvalue weighted by Gasteiger charge is -2.22. The van der Waals surface area contributed by atoms with Crippen molar-refractivity contribution in [2.45, 2.75) is 32.4 Å². The van der Waals surface area contributed by atoms with Gasteiger partial charge in [-0.3, -0.25) is 4.90 Å². The van der Waals surface area contributed by atoms with Crippen molar-refractivity contribution in [2.24, 2.45) is 0 Å². The number of carbonyl (C=O) groups excluding carboxylic acids is 1. The lowest BCUT2D eigenvalue weighted by molar-refractivity contribution is 0.0915. The van der Waals surface area contributed by atoms with Gasteiger partial charge in [0, 0.05) is 18.9 Å². The molecule has 1 aliphatic rings. The van der Waals surface area contributed by atoms with E-state index < -0.39 is 0 Å². The van der Waals surface area contributed by atoms with Gasteiger partial charge in [-0.15, -0.1) is 0 Å². The lowest BCUT2D eigenvalue weighted by Crippen LogP contribution is -2.31. The number of benzene rings is 1. The number of pyridine rings is 1. The molecule has 1 amide bonds. The zero-order valence-electron chi connectivity index (χ0n) is 14.6. The third-order valence-corrected chi connectivity index (χ3v) is 5.79. The number of fused-ring (bicyclic) bond motifs is 1. The van der Waals surface area contributed by atoms with Gasteiger partial charge in [-0.1, -0.05) is 30.3 Å². The summed E-state index contributed by atoms with van der Waals surface area (Å²) in [5.74, 6) is 0. The van der Waals surface area contributed by atoms with Crippen LogP contribution in [0.15, 0.2) is 53.3 Å². The second kappa shape index (κ2) is 7.11. The van der Waals surface area contributed by atoms with Gasteiger partial charge in [-0.05, 0) is 52.9 Å². The molecule has 0 aliphatic carbocycles. The molecule has 1 saturated heterocycles. The van der Waals surface area contributed by atoms with E-state index in [-0.39, 0.29) is 12.1 Å². The highest BCUT2D eigenvalue weighted by molar-refractivity contribution is 9.10. The number of hydrogen-bond acceptors (Lipinski definition) is 3. The molecule has 3 aromatic rings. The summed E-state index contributed by atoms with van der Waals surface area (Å²) < 4.78 is 8.51. The summed E-state index contributed by atoms with van der Waals surface area (Å²) in [6.45, 7) is 3.03. The molecular weight excluding hydrogens is 394 g/mol. The molecule has 1 aromatic carbocycles. The molecule has 1 fully saturated rings. The van der Waals surface area contributed by atoms with Gasteiger partial charge in [0.25, 0.3) is 0 Å². The standard InChI is InChI=1S/C20H20BrN3O2/c1-14-9-11-23-12-16(22-19(23)18(14)21)17-8-5-10-24(17)20(25)26-13-15-6-3-2-4-7-15/h2-4,6-7,9,11-12,17H,5,8,10,13H2,1H3/t17-/m0/s1. The zero-order valence-corrected chi connectivity index (χ0v) is 16.1. The third kappa shape index (κ3) is 3.21. The molecular formula is C20H20BrN3O2. The van der Waals surface area contributed by atoms with Crippen LogP contribution < -0.4 is 0 Å². The molecule has 1 aliphatic heterocycles. The predicted octanol–water partition coefficient (Wildman–Crippen LogP) is 4.88. The predicted molar refractivity (Wildman–Crippen MR) is 103 cm³/mol. The molecule has 0 N–H and O–H groups in total. The Morgan fingerprint density at radius 1 is 1.31 bits per heavy atom. The molecule has 0 radical (unpaired) electrons. The summed E-state index contributed by atoms with van der Waals surface area (Å²) >= 11 is 3.61. The fraction of sp³-hybridized carbons (Fsp3) is 0.300. The highest BCUT2D eigenvalue weighted by Gasteiger charge is 2.33. The van der Waals surface area contributed by atoms with Crippen LogP contribution in [0, 0.1) is 6.92 Å². The van der Waals surface area contributed by atoms with Gasteiger partial charge in [0.05, 0.1) is 16.2 Å². The van der Waals surface area contributed by atoms with Crippen molar-refractivity contribution >= 4 is 27.7 Å². The van der Waals surface area contributed by atoms with Crippen LogP contribution in [0.4, 0.5) is 4.79 Å². The number of imidazole rings is 1. The first-order valence-electron chi connectivity index (χ1n) is 8.74. The zero-order chi connectivity index (χ0) is 18.1. The van der Waals surface area contributed by atoms with Gasteiger partial charge in [0.15, 0.2) is 5.65 Å². The van der Waals surface area contributed by atoms with Crippen LogP contribution in [0.3, 0.4) is 0 Å². The summed E-state index contributed by atoms with van der Waals surface area (Å²) in [5, 5.41) is 0. The van der Waals surface area contributed by atoms with E-state index in [1.165, 1.54) is 0 Å². The number of hydrogen-bond donors (Lipinski definition) is 0. The maximum Gasteiger partial charge on any atom is 0.410 e. The van der Waals surface area contributed by atoms with Gasteiger partial charge >= 0.3 is 6.09 Å². The van der Waals surface area contributed by atoms with Crippen molar-refractivity contribution < 1.29 is 9.53 Å². The number of rotatable bonds is 3. The molecule has 1 atom stereocenters. The van der Waals surface area contributed by atoms with Crippen molar-refractivity contribution in [3.63, 3.8) is 0 Å². The lowest BCUT2D eigenvalue weighted by atomic mass is 10.2. The number of aromatic nitrogens is 2. The quantitative estimate of drug-likeness (QED) is 0.614. The molecule has 2 aromatic heterocycles. The van der Waals surface area contributed by atoms with E-state index in [2.05, 4.69) is 15.9 Å². The summed E-state index contributed by atoms with van der Waals surface area (Å²) in [6.07, 6.45) is 5.59. The molecule has 5 nitrogen and oxygen atoms in total. The number of carbonyl (C=O) groups is 1. The molecule has 6 heteroatoms. The van der Waals surface area contributed by atoms with Crippen LogP contribution in [0.2, 0.25) is 0 Å². The molecule has 4 rings (SSSR count). The summed E-state index contributed by atoms with van der Waals surface area (Å²) in [7, 11) is 0. The minimum Gasteiger partial charge on any atom is -0.445 e. The highest BCUT2D eigenvalue weighted by Crippen LogP contribution is 2.33.